The molecule has 0 aromatic heterocycles. The molecule has 5 atom stereocenters. The van der Waals surface area contributed by atoms with Crippen LogP contribution in [0.3, 0.4) is 0 Å². The summed E-state index contributed by atoms with van der Waals surface area (Å²) in [5.74, 6) is 5.73. The largest absolute Gasteiger partial charge is 0.316 e. The molecule has 2 saturated carbocycles. The van der Waals surface area contributed by atoms with Gasteiger partial charge in [0.25, 0.3) is 0 Å². The highest BCUT2D eigenvalue weighted by Crippen LogP contribution is 2.44. The average molecular weight is 280 g/mol. The minimum Gasteiger partial charge on any atom is -0.316 e. The fourth-order valence-electron chi connectivity index (χ4n) is 4.65. The van der Waals surface area contributed by atoms with Gasteiger partial charge in [-0.2, -0.15) is 0 Å². The van der Waals surface area contributed by atoms with Gasteiger partial charge in [0.15, 0.2) is 0 Å². The summed E-state index contributed by atoms with van der Waals surface area (Å²) >= 11 is 0. The maximum atomic E-state index is 3.74. The number of rotatable bonds is 5. The van der Waals surface area contributed by atoms with E-state index in [-0.39, 0.29) is 0 Å². The van der Waals surface area contributed by atoms with Crippen molar-refractivity contribution in [3.63, 3.8) is 0 Å². The molecule has 1 heteroatoms. The van der Waals surface area contributed by atoms with Crippen molar-refractivity contribution in [3.05, 3.63) is 0 Å². The molecule has 20 heavy (non-hydrogen) atoms. The number of nitrogens with one attached hydrogen (secondary N) is 1. The zero-order chi connectivity index (χ0) is 14.5. The van der Waals surface area contributed by atoms with Gasteiger partial charge in [0, 0.05) is 0 Å². The van der Waals surface area contributed by atoms with Crippen molar-refractivity contribution < 1.29 is 0 Å². The Labute approximate surface area is 127 Å². The summed E-state index contributed by atoms with van der Waals surface area (Å²) in [6.07, 6.45) is 10.5. The highest BCUT2D eigenvalue weighted by molar-refractivity contribution is 4.86. The van der Waals surface area contributed by atoms with Crippen LogP contribution in [0.4, 0.5) is 0 Å². The van der Waals surface area contributed by atoms with Gasteiger partial charge < -0.3 is 5.32 Å². The summed E-state index contributed by atoms with van der Waals surface area (Å²) in [6, 6.07) is 0. The van der Waals surface area contributed by atoms with Gasteiger partial charge in [-0.1, -0.05) is 47.0 Å². The Morgan fingerprint density at radius 3 is 2.40 bits per heavy atom. The van der Waals surface area contributed by atoms with Gasteiger partial charge in [0.2, 0.25) is 0 Å². The summed E-state index contributed by atoms with van der Waals surface area (Å²) in [7, 11) is 0. The molecule has 2 aliphatic rings. The Morgan fingerprint density at radius 1 is 0.950 bits per heavy atom. The van der Waals surface area contributed by atoms with Crippen LogP contribution in [-0.4, -0.2) is 13.1 Å². The zero-order valence-electron chi connectivity index (χ0n) is 14.3. The molecule has 2 rings (SSSR count). The molecule has 0 heterocycles. The van der Waals surface area contributed by atoms with Crippen molar-refractivity contribution in [1.29, 1.82) is 0 Å². The SMILES string of the molecule is CC(C)CNCC1CCCCC1C1CCC(C)C(C)C1. The second-order valence-electron chi connectivity index (χ2n) is 8.29. The minimum atomic E-state index is 0.785. The summed E-state index contributed by atoms with van der Waals surface area (Å²) in [5, 5.41) is 3.74. The Balaban J connectivity index is 1.86. The molecule has 0 aromatic rings. The zero-order valence-corrected chi connectivity index (χ0v) is 14.3. The molecular weight excluding hydrogens is 242 g/mol. The predicted molar refractivity (Wildman–Crippen MR) is 88.8 cm³/mol. The predicted octanol–water partition coefficient (Wildman–Crippen LogP) is 5.11. The van der Waals surface area contributed by atoms with E-state index in [0.29, 0.717) is 0 Å². The quantitative estimate of drug-likeness (QED) is 0.737. The highest BCUT2D eigenvalue weighted by Gasteiger charge is 2.35. The van der Waals surface area contributed by atoms with Crippen molar-refractivity contribution in [2.24, 2.45) is 35.5 Å². The first-order valence-electron chi connectivity index (χ1n) is 9.28. The smallest absolute Gasteiger partial charge is 0.00177 e. The van der Waals surface area contributed by atoms with Crippen LogP contribution < -0.4 is 5.32 Å². The van der Waals surface area contributed by atoms with Crippen molar-refractivity contribution in [1.82, 2.24) is 5.32 Å². The molecule has 0 saturated heterocycles. The van der Waals surface area contributed by atoms with Crippen molar-refractivity contribution in [2.75, 3.05) is 13.1 Å². The van der Waals surface area contributed by atoms with Crippen LogP contribution in [0, 0.1) is 35.5 Å². The van der Waals surface area contributed by atoms with Crippen LogP contribution in [0.15, 0.2) is 0 Å². The van der Waals surface area contributed by atoms with Gasteiger partial charge in [0.1, 0.15) is 0 Å². The van der Waals surface area contributed by atoms with Crippen LogP contribution in [0.5, 0.6) is 0 Å². The molecule has 1 nitrogen and oxygen atoms in total. The lowest BCUT2D eigenvalue weighted by atomic mass is 9.64. The van der Waals surface area contributed by atoms with E-state index in [1.165, 1.54) is 58.0 Å². The first-order chi connectivity index (χ1) is 9.58. The number of hydrogen-bond donors (Lipinski definition) is 1. The Hall–Kier alpha value is -0.0400. The van der Waals surface area contributed by atoms with Crippen LogP contribution in [0.2, 0.25) is 0 Å². The van der Waals surface area contributed by atoms with Crippen molar-refractivity contribution in [2.45, 2.75) is 72.6 Å². The molecular formula is C19H37N. The molecule has 5 unspecified atom stereocenters. The first-order valence-corrected chi connectivity index (χ1v) is 9.28. The number of hydrogen-bond acceptors (Lipinski definition) is 1. The Bertz CT molecular complexity index is 273. The van der Waals surface area contributed by atoms with Crippen LogP contribution in [-0.2, 0) is 0 Å². The van der Waals surface area contributed by atoms with Gasteiger partial charge in [-0.3, -0.25) is 0 Å². The Morgan fingerprint density at radius 2 is 1.70 bits per heavy atom. The molecule has 1 N–H and O–H groups in total. The third kappa shape index (κ3) is 4.48. The van der Waals surface area contributed by atoms with Gasteiger partial charge in [-0.05, 0) is 74.3 Å². The lowest BCUT2D eigenvalue weighted by Gasteiger charge is -2.42. The molecule has 0 radical (unpaired) electrons. The van der Waals surface area contributed by atoms with E-state index < -0.39 is 0 Å². The highest BCUT2D eigenvalue weighted by atomic mass is 14.9. The molecule has 0 spiro atoms. The fraction of sp³-hybridized carbons (Fsp3) is 1.00. The van der Waals surface area contributed by atoms with Gasteiger partial charge in [-0.15, -0.1) is 0 Å². The van der Waals surface area contributed by atoms with E-state index >= 15 is 0 Å². The van der Waals surface area contributed by atoms with E-state index in [4.69, 9.17) is 0 Å². The first kappa shape index (κ1) is 16.3. The fourth-order valence-corrected chi connectivity index (χ4v) is 4.65. The molecule has 0 aliphatic heterocycles. The van der Waals surface area contributed by atoms with Crippen LogP contribution in [0.25, 0.3) is 0 Å². The summed E-state index contributed by atoms with van der Waals surface area (Å²) in [5.41, 5.74) is 0. The maximum Gasteiger partial charge on any atom is -0.00177 e. The van der Waals surface area contributed by atoms with E-state index in [9.17, 15) is 0 Å². The van der Waals surface area contributed by atoms with Crippen molar-refractivity contribution in [3.8, 4) is 0 Å². The van der Waals surface area contributed by atoms with E-state index in [0.717, 1.165) is 35.5 Å². The van der Waals surface area contributed by atoms with Gasteiger partial charge in [0.05, 0.1) is 0 Å². The second-order valence-corrected chi connectivity index (χ2v) is 8.29. The lowest BCUT2D eigenvalue weighted by molar-refractivity contribution is 0.0881. The third-order valence-electron chi connectivity index (χ3n) is 6.17. The van der Waals surface area contributed by atoms with Gasteiger partial charge >= 0.3 is 0 Å². The maximum absolute atomic E-state index is 3.74. The minimum absolute atomic E-state index is 0.785. The molecule has 0 aromatic carbocycles. The van der Waals surface area contributed by atoms with E-state index in [2.05, 4.69) is 33.0 Å². The van der Waals surface area contributed by atoms with Gasteiger partial charge in [-0.25, -0.2) is 0 Å². The monoisotopic (exact) mass is 279 g/mol. The molecule has 2 fully saturated rings. The molecule has 118 valence electrons. The van der Waals surface area contributed by atoms with Crippen LogP contribution in [0.1, 0.15) is 72.6 Å². The van der Waals surface area contributed by atoms with Crippen LogP contribution >= 0.6 is 0 Å². The summed E-state index contributed by atoms with van der Waals surface area (Å²) in [6.45, 7) is 12.1. The van der Waals surface area contributed by atoms with E-state index in [1.807, 2.05) is 0 Å². The molecule has 0 amide bonds. The second kappa shape index (κ2) is 7.82. The standard InChI is InChI=1S/C19H37N/c1-14(2)12-20-13-18-7-5-6-8-19(18)17-10-9-15(3)16(4)11-17/h14-20H,5-13H2,1-4H3. The van der Waals surface area contributed by atoms with Crippen molar-refractivity contribution >= 4 is 0 Å². The third-order valence-corrected chi connectivity index (χ3v) is 6.17. The summed E-state index contributed by atoms with van der Waals surface area (Å²) < 4.78 is 0. The average Bonchev–Trinajstić information content (AvgIpc) is 2.42. The molecule has 0 bridgehead atoms. The lowest BCUT2D eigenvalue weighted by Crippen LogP contribution is -2.38. The normalized spacial score (nSPS) is 39.1. The topological polar surface area (TPSA) is 12.0 Å². The summed E-state index contributed by atoms with van der Waals surface area (Å²) in [4.78, 5) is 0. The van der Waals surface area contributed by atoms with E-state index in [1.54, 1.807) is 0 Å². The molecule has 2 aliphatic carbocycles. The Kier molecular flexibility index (Phi) is 6.39.